The van der Waals surface area contributed by atoms with E-state index < -0.39 is 0 Å². The van der Waals surface area contributed by atoms with Crippen molar-refractivity contribution in [2.45, 2.75) is 70.9 Å². The van der Waals surface area contributed by atoms with Gasteiger partial charge in [-0.3, -0.25) is 0 Å². The molecular formula is C13H24N2. The number of nitriles is 1. The Morgan fingerprint density at radius 3 is 2.67 bits per heavy atom. The van der Waals surface area contributed by atoms with E-state index in [1.165, 1.54) is 38.5 Å². The van der Waals surface area contributed by atoms with Gasteiger partial charge in [0.1, 0.15) is 0 Å². The van der Waals surface area contributed by atoms with Crippen molar-refractivity contribution < 1.29 is 0 Å². The van der Waals surface area contributed by atoms with E-state index >= 15 is 0 Å². The third kappa shape index (κ3) is 3.83. The highest BCUT2D eigenvalue weighted by atomic mass is 15.0. The van der Waals surface area contributed by atoms with Gasteiger partial charge in [0, 0.05) is 12.1 Å². The molecule has 0 heterocycles. The van der Waals surface area contributed by atoms with Gasteiger partial charge >= 0.3 is 0 Å². The third-order valence-electron chi connectivity index (χ3n) is 3.51. The van der Waals surface area contributed by atoms with Crippen LogP contribution in [0.25, 0.3) is 0 Å². The van der Waals surface area contributed by atoms with Gasteiger partial charge in [0.2, 0.25) is 0 Å². The van der Waals surface area contributed by atoms with Crippen LogP contribution >= 0.6 is 0 Å². The van der Waals surface area contributed by atoms with Gasteiger partial charge in [-0.05, 0) is 25.7 Å². The van der Waals surface area contributed by atoms with Crippen LogP contribution in [0.2, 0.25) is 0 Å². The van der Waals surface area contributed by atoms with Crippen molar-refractivity contribution in [3.05, 3.63) is 0 Å². The molecule has 1 fully saturated rings. The van der Waals surface area contributed by atoms with Crippen LogP contribution in [0.4, 0.5) is 0 Å². The van der Waals surface area contributed by atoms with Gasteiger partial charge in [-0.1, -0.05) is 33.1 Å². The maximum atomic E-state index is 9.09. The average molecular weight is 208 g/mol. The first kappa shape index (κ1) is 12.5. The summed E-state index contributed by atoms with van der Waals surface area (Å²) in [6.07, 6.45) is 8.47. The Kier molecular flexibility index (Phi) is 5.71. The lowest BCUT2D eigenvalue weighted by Gasteiger charge is -2.31. The maximum absolute atomic E-state index is 9.09. The van der Waals surface area contributed by atoms with Crippen molar-refractivity contribution >= 4 is 0 Å². The fourth-order valence-electron chi connectivity index (χ4n) is 2.54. The van der Waals surface area contributed by atoms with Crippen molar-refractivity contribution in [3.63, 3.8) is 0 Å². The normalized spacial score (nSPS) is 28.3. The summed E-state index contributed by atoms with van der Waals surface area (Å²) in [4.78, 5) is 0. The summed E-state index contributed by atoms with van der Waals surface area (Å²) < 4.78 is 0. The smallest absolute Gasteiger partial charge is 0.0672 e. The fourth-order valence-corrected chi connectivity index (χ4v) is 2.54. The Morgan fingerprint density at radius 2 is 2.07 bits per heavy atom. The van der Waals surface area contributed by atoms with E-state index in [2.05, 4.69) is 25.2 Å². The van der Waals surface area contributed by atoms with Gasteiger partial charge in [-0.2, -0.15) is 5.26 Å². The zero-order valence-electron chi connectivity index (χ0n) is 10.1. The topological polar surface area (TPSA) is 35.8 Å². The highest BCUT2D eigenvalue weighted by Crippen LogP contribution is 2.24. The van der Waals surface area contributed by atoms with Gasteiger partial charge in [-0.15, -0.1) is 0 Å². The molecule has 86 valence electrons. The Bertz CT molecular complexity index is 207. The molecule has 0 radical (unpaired) electrons. The summed E-state index contributed by atoms with van der Waals surface area (Å²) in [7, 11) is 0. The first-order valence-electron chi connectivity index (χ1n) is 6.47. The molecule has 15 heavy (non-hydrogen) atoms. The van der Waals surface area contributed by atoms with E-state index in [0.29, 0.717) is 12.1 Å². The predicted octanol–water partition coefficient (Wildman–Crippen LogP) is 3.24. The average Bonchev–Trinajstić information content (AvgIpc) is 2.29. The molecule has 0 saturated heterocycles. The van der Waals surface area contributed by atoms with Crippen molar-refractivity contribution in [2.75, 3.05) is 0 Å². The molecule has 2 heteroatoms. The standard InChI is InChI=1S/C13H24N2/c1-3-7-12(4-2)15-13-9-6-5-8-11(13)10-14/h11-13,15H,3-9H2,1-2H3. The predicted molar refractivity (Wildman–Crippen MR) is 63.5 cm³/mol. The highest BCUT2D eigenvalue weighted by molar-refractivity contribution is 4.95. The molecule has 1 N–H and O–H groups in total. The van der Waals surface area contributed by atoms with Crippen LogP contribution in [-0.2, 0) is 0 Å². The van der Waals surface area contributed by atoms with Gasteiger partial charge in [-0.25, -0.2) is 0 Å². The van der Waals surface area contributed by atoms with Crippen molar-refractivity contribution in [1.82, 2.24) is 5.32 Å². The highest BCUT2D eigenvalue weighted by Gasteiger charge is 2.25. The van der Waals surface area contributed by atoms with E-state index in [1.54, 1.807) is 0 Å². The molecule has 0 aromatic rings. The van der Waals surface area contributed by atoms with E-state index in [4.69, 9.17) is 5.26 Å². The molecular weight excluding hydrogens is 184 g/mol. The number of nitrogens with one attached hydrogen (secondary N) is 1. The second-order valence-corrected chi connectivity index (χ2v) is 4.69. The minimum absolute atomic E-state index is 0.254. The second-order valence-electron chi connectivity index (χ2n) is 4.69. The largest absolute Gasteiger partial charge is 0.310 e. The van der Waals surface area contributed by atoms with Crippen molar-refractivity contribution in [2.24, 2.45) is 5.92 Å². The van der Waals surface area contributed by atoms with E-state index in [9.17, 15) is 0 Å². The molecule has 0 aliphatic heterocycles. The minimum Gasteiger partial charge on any atom is -0.310 e. The van der Waals surface area contributed by atoms with Crippen molar-refractivity contribution in [3.8, 4) is 6.07 Å². The lowest BCUT2D eigenvalue weighted by Crippen LogP contribution is -2.43. The Hall–Kier alpha value is -0.550. The van der Waals surface area contributed by atoms with Crippen LogP contribution in [0.5, 0.6) is 0 Å². The monoisotopic (exact) mass is 208 g/mol. The molecule has 1 aliphatic rings. The SMILES string of the molecule is CCCC(CC)NC1CCCCC1C#N. The van der Waals surface area contributed by atoms with E-state index in [0.717, 1.165) is 6.42 Å². The number of hydrogen-bond donors (Lipinski definition) is 1. The molecule has 3 atom stereocenters. The lowest BCUT2D eigenvalue weighted by molar-refractivity contribution is 0.275. The summed E-state index contributed by atoms with van der Waals surface area (Å²) in [6, 6.07) is 3.54. The molecule has 0 bridgehead atoms. The minimum atomic E-state index is 0.254. The van der Waals surface area contributed by atoms with E-state index in [1.807, 2.05) is 0 Å². The van der Waals surface area contributed by atoms with Crippen LogP contribution in [0, 0.1) is 17.2 Å². The molecule has 0 aromatic carbocycles. The summed E-state index contributed by atoms with van der Waals surface area (Å²) >= 11 is 0. The van der Waals surface area contributed by atoms with Crippen LogP contribution in [0.3, 0.4) is 0 Å². The molecule has 0 amide bonds. The van der Waals surface area contributed by atoms with Crippen LogP contribution < -0.4 is 5.32 Å². The van der Waals surface area contributed by atoms with Gasteiger partial charge in [0.05, 0.1) is 12.0 Å². The zero-order valence-corrected chi connectivity index (χ0v) is 10.1. The molecule has 1 aliphatic carbocycles. The summed E-state index contributed by atoms with van der Waals surface area (Å²) in [6.45, 7) is 4.46. The molecule has 1 rings (SSSR count). The first-order chi connectivity index (χ1) is 7.31. The zero-order chi connectivity index (χ0) is 11.1. The molecule has 0 spiro atoms. The van der Waals surface area contributed by atoms with Gasteiger partial charge in [0.25, 0.3) is 0 Å². The summed E-state index contributed by atoms with van der Waals surface area (Å²) in [5.74, 6) is 0.254. The maximum Gasteiger partial charge on any atom is 0.0672 e. The molecule has 0 aromatic heterocycles. The Balaban J connectivity index is 2.43. The lowest BCUT2D eigenvalue weighted by atomic mass is 9.85. The molecule has 2 nitrogen and oxygen atoms in total. The van der Waals surface area contributed by atoms with Crippen molar-refractivity contribution in [1.29, 1.82) is 5.26 Å². The Labute approximate surface area is 94.1 Å². The second kappa shape index (κ2) is 6.85. The quantitative estimate of drug-likeness (QED) is 0.753. The van der Waals surface area contributed by atoms with Crippen LogP contribution in [0.1, 0.15) is 58.8 Å². The van der Waals surface area contributed by atoms with Gasteiger partial charge < -0.3 is 5.32 Å². The number of rotatable bonds is 5. The summed E-state index contributed by atoms with van der Waals surface area (Å²) in [5.41, 5.74) is 0. The summed E-state index contributed by atoms with van der Waals surface area (Å²) in [5, 5.41) is 12.8. The Morgan fingerprint density at radius 1 is 1.33 bits per heavy atom. The number of hydrogen-bond acceptors (Lipinski definition) is 2. The van der Waals surface area contributed by atoms with Gasteiger partial charge in [0.15, 0.2) is 0 Å². The molecule has 3 unspecified atom stereocenters. The number of nitrogens with zero attached hydrogens (tertiary/aromatic N) is 1. The van der Waals surface area contributed by atoms with Crippen LogP contribution in [-0.4, -0.2) is 12.1 Å². The first-order valence-corrected chi connectivity index (χ1v) is 6.47. The molecule has 1 saturated carbocycles. The van der Waals surface area contributed by atoms with Crippen LogP contribution in [0.15, 0.2) is 0 Å². The third-order valence-corrected chi connectivity index (χ3v) is 3.51. The fraction of sp³-hybridized carbons (Fsp3) is 0.923. The van der Waals surface area contributed by atoms with E-state index in [-0.39, 0.29) is 5.92 Å².